The third-order valence-corrected chi connectivity index (χ3v) is 3.55. The zero-order chi connectivity index (χ0) is 14.0. The number of Topliss-reactive ketones (excluding diaryl/α,β-unsaturated/α-hetero) is 2. The Morgan fingerprint density at radius 3 is 2.47 bits per heavy atom. The summed E-state index contributed by atoms with van der Waals surface area (Å²) in [6.07, 6.45) is 4.25. The first-order valence-corrected chi connectivity index (χ1v) is 6.68. The summed E-state index contributed by atoms with van der Waals surface area (Å²) in [5.74, 6) is -1.18. The molecule has 3 heteroatoms. The second-order valence-electron chi connectivity index (χ2n) is 4.97. The molecule has 0 atom stereocenters. The van der Waals surface area contributed by atoms with Gasteiger partial charge in [-0.3, -0.25) is 9.59 Å². The number of ketones is 2. The van der Waals surface area contributed by atoms with Gasteiger partial charge in [0, 0.05) is 16.7 Å². The summed E-state index contributed by atoms with van der Waals surface area (Å²) in [6.45, 7) is 3.62. The second-order valence-corrected chi connectivity index (χ2v) is 4.97. The van der Waals surface area contributed by atoms with Crippen LogP contribution in [-0.4, -0.2) is 16.7 Å². The molecular formula is C16H18O3. The number of carbonyl (C=O) groups is 2. The summed E-state index contributed by atoms with van der Waals surface area (Å²) in [4.78, 5) is 23.7. The molecule has 0 saturated heterocycles. The smallest absolute Gasteiger partial charge is 0.234 e. The average Bonchev–Trinajstić information content (AvgIpc) is 2.43. The van der Waals surface area contributed by atoms with Crippen molar-refractivity contribution in [2.75, 3.05) is 0 Å². The number of benzene rings is 1. The molecular weight excluding hydrogens is 240 g/mol. The fourth-order valence-electron chi connectivity index (χ4n) is 2.32. The maximum atomic E-state index is 12.0. The van der Waals surface area contributed by atoms with Crippen LogP contribution in [0.1, 0.15) is 54.6 Å². The number of allylic oxidation sites excluding steroid dienone is 1. The highest BCUT2D eigenvalue weighted by Gasteiger charge is 2.30. The normalized spacial score (nSPS) is 14.8. The zero-order valence-corrected chi connectivity index (χ0v) is 11.3. The van der Waals surface area contributed by atoms with Crippen molar-refractivity contribution in [1.29, 1.82) is 0 Å². The Balaban J connectivity index is 2.36. The Morgan fingerprint density at radius 2 is 1.79 bits per heavy atom. The van der Waals surface area contributed by atoms with Gasteiger partial charge in [-0.1, -0.05) is 31.9 Å². The lowest BCUT2D eigenvalue weighted by molar-refractivity contribution is -0.111. The van der Waals surface area contributed by atoms with Crippen LogP contribution in [0.4, 0.5) is 0 Å². The standard InChI is InChI=1S/C16H18O3/c1-3-4-5-6-11-7-8-12-13(9-11)16(19)15(18)10(2)14(12)17/h7-9,17H,3-6H2,1-2H3. The second kappa shape index (κ2) is 5.39. The molecule has 0 bridgehead atoms. The van der Waals surface area contributed by atoms with Gasteiger partial charge in [0.25, 0.3) is 0 Å². The topological polar surface area (TPSA) is 54.4 Å². The summed E-state index contributed by atoms with van der Waals surface area (Å²) in [5, 5.41) is 9.93. The van der Waals surface area contributed by atoms with Gasteiger partial charge in [0.05, 0.1) is 0 Å². The van der Waals surface area contributed by atoms with Crippen LogP contribution in [0, 0.1) is 0 Å². The molecule has 0 fully saturated rings. The predicted octanol–water partition coefficient (Wildman–Crippen LogP) is 3.47. The van der Waals surface area contributed by atoms with Crippen molar-refractivity contribution in [3.05, 3.63) is 40.5 Å². The van der Waals surface area contributed by atoms with Crippen LogP contribution in [0.5, 0.6) is 0 Å². The van der Waals surface area contributed by atoms with Crippen LogP contribution in [0.25, 0.3) is 5.76 Å². The number of aliphatic hydroxyl groups is 1. The Hall–Kier alpha value is -1.90. The molecule has 0 heterocycles. The molecule has 0 aliphatic heterocycles. The van der Waals surface area contributed by atoms with Crippen molar-refractivity contribution in [2.24, 2.45) is 0 Å². The van der Waals surface area contributed by atoms with E-state index in [2.05, 4.69) is 6.92 Å². The van der Waals surface area contributed by atoms with Crippen molar-refractivity contribution >= 4 is 17.3 Å². The van der Waals surface area contributed by atoms with E-state index in [0.29, 0.717) is 11.1 Å². The average molecular weight is 258 g/mol. The summed E-state index contributed by atoms with van der Waals surface area (Å²) < 4.78 is 0. The van der Waals surface area contributed by atoms with Crippen molar-refractivity contribution < 1.29 is 14.7 Å². The number of rotatable bonds is 4. The fourth-order valence-corrected chi connectivity index (χ4v) is 2.32. The van der Waals surface area contributed by atoms with Gasteiger partial charge in [-0.15, -0.1) is 0 Å². The summed E-state index contributed by atoms with van der Waals surface area (Å²) in [5.41, 5.74) is 1.99. The van der Waals surface area contributed by atoms with Crippen LogP contribution < -0.4 is 0 Å². The Morgan fingerprint density at radius 1 is 1.05 bits per heavy atom. The van der Waals surface area contributed by atoms with Crippen LogP contribution in [0.3, 0.4) is 0 Å². The van der Waals surface area contributed by atoms with Crippen molar-refractivity contribution in [1.82, 2.24) is 0 Å². The van der Waals surface area contributed by atoms with E-state index in [9.17, 15) is 14.7 Å². The van der Waals surface area contributed by atoms with E-state index >= 15 is 0 Å². The summed E-state index contributed by atoms with van der Waals surface area (Å²) in [6, 6.07) is 5.40. The first-order valence-electron chi connectivity index (χ1n) is 6.68. The molecule has 2 rings (SSSR count). The minimum atomic E-state index is -0.601. The largest absolute Gasteiger partial charge is 0.507 e. The van der Waals surface area contributed by atoms with Gasteiger partial charge in [0.15, 0.2) is 0 Å². The molecule has 0 amide bonds. The fraction of sp³-hybridized carbons (Fsp3) is 0.375. The van der Waals surface area contributed by atoms with Gasteiger partial charge in [-0.05, 0) is 31.4 Å². The first kappa shape index (κ1) is 13.5. The monoisotopic (exact) mass is 258 g/mol. The van der Waals surface area contributed by atoms with E-state index in [-0.39, 0.29) is 11.3 Å². The molecule has 0 spiro atoms. The molecule has 19 heavy (non-hydrogen) atoms. The van der Waals surface area contributed by atoms with Gasteiger partial charge in [-0.2, -0.15) is 0 Å². The van der Waals surface area contributed by atoms with E-state index in [1.165, 1.54) is 6.92 Å². The van der Waals surface area contributed by atoms with Crippen molar-refractivity contribution in [3.8, 4) is 0 Å². The van der Waals surface area contributed by atoms with E-state index in [1.807, 2.05) is 6.07 Å². The SMILES string of the molecule is CCCCCc1ccc2c(c1)C(=O)C(=O)C(C)=C2O. The van der Waals surface area contributed by atoms with Crippen molar-refractivity contribution in [2.45, 2.75) is 39.5 Å². The number of hydrogen-bond donors (Lipinski definition) is 1. The maximum Gasteiger partial charge on any atom is 0.234 e. The Kier molecular flexibility index (Phi) is 3.84. The number of aryl methyl sites for hydroxylation is 1. The van der Waals surface area contributed by atoms with Gasteiger partial charge < -0.3 is 5.11 Å². The molecule has 1 aromatic carbocycles. The van der Waals surface area contributed by atoms with Gasteiger partial charge in [0.1, 0.15) is 5.76 Å². The highest BCUT2D eigenvalue weighted by atomic mass is 16.3. The van der Waals surface area contributed by atoms with E-state index < -0.39 is 11.6 Å². The molecule has 1 aliphatic rings. The molecule has 0 saturated carbocycles. The quantitative estimate of drug-likeness (QED) is 0.664. The lowest BCUT2D eigenvalue weighted by atomic mass is 9.87. The Labute approximate surface area is 113 Å². The molecule has 1 aliphatic carbocycles. The lowest BCUT2D eigenvalue weighted by Crippen LogP contribution is -2.22. The highest BCUT2D eigenvalue weighted by Crippen LogP contribution is 2.28. The number of hydrogen-bond acceptors (Lipinski definition) is 3. The van der Waals surface area contributed by atoms with Crippen molar-refractivity contribution in [3.63, 3.8) is 0 Å². The van der Waals surface area contributed by atoms with E-state index in [4.69, 9.17) is 0 Å². The molecule has 0 unspecified atom stereocenters. The zero-order valence-electron chi connectivity index (χ0n) is 11.3. The van der Waals surface area contributed by atoms with Crippen LogP contribution >= 0.6 is 0 Å². The number of carbonyl (C=O) groups excluding carboxylic acids is 2. The molecule has 0 radical (unpaired) electrons. The molecule has 100 valence electrons. The van der Waals surface area contributed by atoms with Crippen LogP contribution in [0.2, 0.25) is 0 Å². The molecule has 3 nitrogen and oxygen atoms in total. The highest BCUT2D eigenvalue weighted by molar-refractivity contribution is 6.52. The summed E-state index contributed by atoms with van der Waals surface area (Å²) in [7, 11) is 0. The van der Waals surface area contributed by atoms with E-state index in [1.54, 1.807) is 12.1 Å². The first-order chi connectivity index (χ1) is 9.06. The van der Waals surface area contributed by atoms with Gasteiger partial charge in [0.2, 0.25) is 11.6 Å². The van der Waals surface area contributed by atoms with Crippen LogP contribution in [-0.2, 0) is 11.2 Å². The number of aliphatic hydroxyl groups excluding tert-OH is 1. The molecule has 1 N–H and O–H groups in total. The third-order valence-electron chi connectivity index (χ3n) is 3.55. The lowest BCUT2D eigenvalue weighted by Gasteiger charge is -2.16. The number of fused-ring (bicyclic) bond motifs is 1. The predicted molar refractivity (Wildman–Crippen MR) is 74.2 cm³/mol. The number of unbranched alkanes of at least 4 members (excludes halogenated alkanes) is 2. The minimum Gasteiger partial charge on any atom is -0.507 e. The van der Waals surface area contributed by atoms with Crippen LogP contribution in [0.15, 0.2) is 23.8 Å². The molecule has 0 aromatic heterocycles. The van der Waals surface area contributed by atoms with Gasteiger partial charge >= 0.3 is 0 Å². The minimum absolute atomic E-state index is 0.0697. The van der Waals surface area contributed by atoms with Gasteiger partial charge in [-0.25, -0.2) is 0 Å². The van der Waals surface area contributed by atoms with E-state index in [0.717, 1.165) is 31.2 Å². The molecule has 1 aromatic rings. The third kappa shape index (κ3) is 2.46. The summed E-state index contributed by atoms with van der Waals surface area (Å²) >= 11 is 0. The Bertz CT molecular complexity index is 567. The maximum absolute atomic E-state index is 12.0.